The van der Waals surface area contributed by atoms with Gasteiger partial charge in [0.25, 0.3) is 0 Å². The van der Waals surface area contributed by atoms with Gasteiger partial charge in [-0.2, -0.15) is 5.26 Å². The summed E-state index contributed by atoms with van der Waals surface area (Å²) >= 11 is 16.8. The molecule has 0 unspecified atom stereocenters. The van der Waals surface area contributed by atoms with Crippen LogP contribution in [0, 0.1) is 17.1 Å². The molecule has 0 heterocycles. The van der Waals surface area contributed by atoms with E-state index >= 15 is 0 Å². The van der Waals surface area contributed by atoms with Crippen molar-refractivity contribution in [2.75, 3.05) is 0 Å². The standard InChI is InChI=1S/C8H3Cl3FN/c9-6-4(1-2-13)3-5(12)7(10)8(6)11/h3H,1H2. The number of benzene rings is 1. The second-order valence-corrected chi connectivity index (χ2v) is 3.43. The molecule has 0 spiro atoms. The van der Waals surface area contributed by atoms with Crippen molar-refractivity contribution in [2.45, 2.75) is 6.42 Å². The molecule has 0 aliphatic carbocycles. The largest absolute Gasteiger partial charge is 0.205 e. The summed E-state index contributed by atoms with van der Waals surface area (Å²) in [5, 5.41) is 8.26. The maximum Gasteiger partial charge on any atom is 0.143 e. The van der Waals surface area contributed by atoms with Crippen molar-refractivity contribution >= 4 is 34.8 Å². The first-order chi connectivity index (χ1) is 6.07. The zero-order chi connectivity index (χ0) is 10.0. The van der Waals surface area contributed by atoms with Crippen LogP contribution in [0.4, 0.5) is 4.39 Å². The van der Waals surface area contributed by atoms with Gasteiger partial charge < -0.3 is 0 Å². The highest BCUT2D eigenvalue weighted by Crippen LogP contribution is 2.34. The maximum atomic E-state index is 13.0. The first-order valence-electron chi connectivity index (χ1n) is 3.26. The van der Waals surface area contributed by atoms with E-state index in [1.165, 1.54) is 0 Å². The van der Waals surface area contributed by atoms with Crippen LogP contribution in [0.2, 0.25) is 15.1 Å². The number of nitrogens with zero attached hydrogens (tertiary/aromatic N) is 1. The monoisotopic (exact) mass is 237 g/mol. The molecule has 0 saturated carbocycles. The highest BCUT2D eigenvalue weighted by Gasteiger charge is 2.13. The third-order valence-electron chi connectivity index (χ3n) is 1.45. The van der Waals surface area contributed by atoms with Gasteiger partial charge in [0.2, 0.25) is 0 Å². The van der Waals surface area contributed by atoms with E-state index in [2.05, 4.69) is 0 Å². The van der Waals surface area contributed by atoms with E-state index in [-0.39, 0.29) is 21.5 Å². The van der Waals surface area contributed by atoms with Crippen molar-refractivity contribution in [3.8, 4) is 6.07 Å². The molecule has 0 fully saturated rings. The average Bonchev–Trinajstić information content (AvgIpc) is 2.11. The molecule has 0 atom stereocenters. The number of halogens is 4. The number of nitriles is 1. The number of hydrogen-bond donors (Lipinski definition) is 0. The Hall–Kier alpha value is -0.490. The van der Waals surface area contributed by atoms with Crippen molar-refractivity contribution in [2.24, 2.45) is 0 Å². The van der Waals surface area contributed by atoms with E-state index in [9.17, 15) is 4.39 Å². The second-order valence-electron chi connectivity index (χ2n) is 2.29. The highest BCUT2D eigenvalue weighted by atomic mass is 35.5. The molecule has 1 nitrogen and oxygen atoms in total. The Bertz CT molecular complexity index is 384. The Morgan fingerprint density at radius 1 is 1.23 bits per heavy atom. The van der Waals surface area contributed by atoms with Crippen LogP contribution in [0.5, 0.6) is 0 Å². The normalized spacial score (nSPS) is 9.77. The molecule has 0 N–H and O–H groups in total. The topological polar surface area (TPSA) is 23.8 Å². The molecule has 0 amide bonds. The van der Waals surface area contributed by atoms with E-state index in [0.717, 1.165) is 6.07 Å². The summed E-state index contributed by atoms with van der Waals surface area (Å²) in [7, 11) is 0. The van der Waals surface area contributed by atoms with E-state index in [4.69, 9.17) is 40.1 Å². The molecule has 1 aromatic rings. The van der Waals surface area contributed by atoms with Crippen molar-refractivity contribution < 1.29 is 4.39 Å². The average molecular weight is 238 g/mol. The molecular formula is C8H3Cl3FN. The van der Waals surface area contributed by atoms with Crippen molar-refractivity contribution in [1.29, 1.82) is 5.26 Å². The van der Waals surface area contributed by atoms with Crippen LogP contribution in [0.25, 0.3) is 0 Å². The second kappa shape index (κ2) is 4.15. The molecule has 5 heteroatoms. The Balaban J connectivity index is 3.34. The first-order valence-corrected chi connectivity index (χ1v) is 4.40. The lowest BCUT2D eigenvalue weighted by Crippen LogP contribution is -1.89. The minimum atomic E-state index is -0.665. The zero-order valence-electron chi connectivity index (χ0n) is 6.24. The van der Waals surface area contributed by atoms with Gasteiger partial charge >= 0.3 is 0 Å². The van der Waals surface area contributed by atoms with Gasteiger partial charge in [-0.25, -0.2) is 4.39 Å². The molecule has 0 aliphatic heterocycles. The summed E-state index contributed by atoms with van der Waals surface area (Å²) in [5.74, 6) is -0.665. The lowest BCUT2D eigenvalue weighted by Gasteiger charge is -2.04. The molecule has 0 radical (unpaired) electrons. The van der Waals surface area contributed by atoms with Gasteiger partial charge in [0.1, 0.15) is 5.82 Å². The molecule has 68 valence electrons. The zero-order valence-corrected chi connectivity index (χ0v) is 8.51. The number of rotatable bonds is 1. The molecule has 0 aromatic heterocycles. The van der Waals surface area contributed by atoms with Gasteiger partial charge in [-0.1, -0.05) is 34.8 Å². The fraction of sp³-hybridized carbons (Fsp3) is 0.125. The van der Waals surface area contributed by atoms with Crippen molar-refractivity contribution in [1.82, 2.24) is 0 Å². The van der Waals surface area contributed by atoms with E-state index in [1.54, 1.807) is 0 Å². The summed E-state index contributed by atoms with van der Waals surface area (Å²) in [5.41, 5.74) is 0.344. The van der Waals surface area contributed by atoms with Crippen molar-refractivity contribution in [3.05, 3.63) is 32.5 Å². The fourth-order valence-corrected chi connectivity index (χ4v) is 1.46. The lowest BCUT2D eigenvalue weighted by molar-refractivity contribution is 0.626. The molecule has 0 aliphatic rings. The summed E-state index contributed by atoms with van der Waals surface area (Å²) < 4.78 is 13.0. The van der Waals surface area contributed by atoms with Gasteiger partial charge in [0, 0.05) is 0 Å². The Labute approximate surface area is 89.6 Å². The van der Waals surface area contributed by atoms with Crippen LogP contribution in [-0.2, 0) is 6.42 Å². The lowest BCUT2D eigenvalue weighted by atomic mass is 10.1. The fourth-order valence-electron chi connectivity index (χ4n) is 0.836. The van der Waals surface area contributed by atoms with E-state index in [1.807, 2.05) is 6.07 Å². The first kappa shape index (κ1) is 10.6. The minimum Gasteiger partial charge on any atom is -0.205 e. The van der Waals surface area contributed by atoms with Gasteiger partial charge in [0.05, 0.1) is 27.6 Å². The molecule has 0 saturated heterocycles. The molecule has 13 heavy (non-hydrogen) atoms. The van der Waals surface area contributed by atoms with Crippen LogP contribution in [-0.4, -0.2) is 0 Å². The third kappa shape index (κ3) is 2.05. The maximum absolute atomic E-state index is 13.0. The SMILES string of the molecule is N#CCc1cc(F)c(Cl)c(Cl)c1Cl. The van der Waals surface area contributed by atoms with Gasteiger partial charge in [-0.3, -0.25) is 0 Å². The summed E-state index contributed by atoms with van der Waals surface area (Å²) in [6.07, 6.45) is 0.00659. The van der Waals surface area contributed by atoms with Crippen molar-refractivity contribution in [3.63, 3.8) is 0 Å². The molecule has 1 rings (SSSR count). The third-order valence-corrected chi connectivity index (χ3v) is 2.82. The van der Waals surface area contributed by atoms with Crippen LogP contribution in [0.3, 0.4) is 0 Å². The Morgan fingerprint density at radius 3 is 2.38 bits per heavy atom. The Kier molecular flexibility index (Phi) is 3.38. The molecule has 0 bridgehead atoms. The van der Waals surface area contributed by atoms with Gasteiger partial charge in [0.15, 0.2) is 0 Å². The summed E-state index contributed by atoms with van der Waals surface area (Å²) in [4.78, 5) is 0. The van der Waals surface area contributed by atoms with Crippen LogP contribution in [0.15, 0.2) is 6.07 Å². The molecular weight excluding hydrogens is 235 g/mol. The Morgan fingerprint density at radius 2 is 1.85 bits per heavy atom. The predicted molar refractivity (Wildman–Crippen MR) is 50.7 cm³/mol. The summed E-state index contributed by atoms with van der Waals surface area (Å²) in [6, 6.07) is 2.96. The predicted octanol–water partition coefficient (Wildman–Crippen LogP) is 3.85. The van der Waals surface area contributed by atoms with E-state index < -0.39 is 5.82 Å². The summed E-state index contributed by atoms with van der Waals surface area (Å²) in [6.45, 7) is 0. The molecule has 1 aromatic carbocycles. The van der Waals surface area contributed by atoms with Gasteiger partial charge in [-0.05, 0) is 11.6 Å². The van der Waals surface area contributed by atoms with E-state index in [0.29, 0.717) is 5.56 Å². The van der Waals surface area contributed by atoms with Crippen LogP contribution < -0.4 is 0 Å². The highest BCUT2D eigenvalue weighted by molar-refractivity contribution is 6.48. The minimum absolute atomic E-state index is 0.00659. The smallest absolute Gasteiger partial charge is 0.143 e. The van der Waals surface area contributed by atoms with Crippen LogP contribution >= 0.6 is 34.8 Å². The van der Waals surface area contributed by atoms with Gasteiger partial charge in [-0.15, -0.1) is 0 Å². The number of hydrogen-bond acceptors (Lipinski definition) is 1. The van der Waals surface area contributed by atoms with Crippen LogP contribution in [0.1, 0.15) is 5.56 Å². The quantitative estimate of drug-likeness (QED) is 0.538.